The maximum atomic E-state index is 13.4. The summed E-state index contributed by atoms with van der Waals surface area (Å²) in [5, 5.41) is 4.80. The number of carbonyl (C=O) groups excluding carboxylic acids is 3. The quantitative estimate of drug-likeness (QED) is 0.769. The van der Waals surface area contributed by atoms with Crippen LogP contribution >= 0.6 is 0 Å². The molecule has 3 rings (SSSR count). The van der Waals surface area contributed by atoms with Gasteiger partial charge in [-0.25, -0.2) is 9.18 Å². The summed E-state index contributed by atoms with van der Waals surface area (Å²) in [6.07, 6.45) is 0.244. The first kappa shape index (κ1) is 21.7. The molecule has 4 amide bonds. The zero-order chi connectivity index (χ0) is 20.9. The van der Waals surface area contributed by atoms with Gasteiger partial charge in [0.2, 0.25) is 5.91 Å². The number of urea groups is 1. The molecule has 2 heterocycles. The van der Waals surface area contributed by atoms with Crippen molar-refractivity contribution in [2.45, 2.75) is 39.7 Å². The fourth-order valence-electron chi connectivity index (χ4n) is 3.59. The number of nitrogens with zero attached hydrogens (tertiary/aromatic N) is 2. The predicted octanol–water partition coefficient (Wildman–Crippen LogP) is 2.12. The van der Waals surface area contributed by atoms with Gasteiger partial charge in [-0.2, -0.15) is 0 Å². The number of carbonyl (C=O) groups is 3. The molecule has 0 spiro atoms. The van der Waals surface area contributed by atoms with Crippen LogP contribution in [-0.2, 0) is 9.59 Å². The Kier molecular flexibility index (Phi) is 6.99. The van der Waals surface area contributed by atoms with Gasteiger partial charge in [-0.1, -0.05) is 26.8 Å². The number of imide groups is 1. The third kappa shape index (κ3) is 4.79. The molecule has 7 nitrogen and oxygen atoms in total. The normalized spacial score (nSPS) is 22.8. The lowest BCUT2D eigenvalue weighted by molar-refractivity contribution is -0.136. The SMILES string of the molecule is CC.CC(CC1(C)NC(=O)NC1=O)C(=O)N1CCN(c2cccc(F)c2)CC1. The van der Waals surface area contributed by atoms with Crippen molar-refractivity contribution >= 4 is 23.5 Å². The summed E-state index contributed by atoms with van der Waals surface area (Å²) >= 11 is 0. The average Bonchev–Trinajstić information content (AvgIpc) is 2.94. The summed E-state index contributed by atoms with van der Waals surface area (Å²) < 4.78 is 13.4. The summed E-state index contributed by atoms with van der Waals surface area (Å²) in [6.45, 7) is 9.71. The second kappa shape index (κ2) is 9.03. The third-order valence-electron chi connectivity index (χ3n) is 5.02. The minimum Gasteiger partial charge on any atom is -0.368 e. The first-order chi connectivity index (χ1) is 13.3. The number of piperazine rings is 1. The maximum Gasteiger partial charge on any atom is 0.322 e. The lowest BCUT2D eigenvalue weighted by atomic mass is 9.89. The van der Waals surface area contributed by atoms with Gasteiger partial charge in [-0.3, -0.25) is 14.9 Å². The van der Waals surface area contributed by atoms with E-state index in [9.17, 15) is 18.8 Å². The van der Waals surface area contributed by atoms with Crippen LogP contribution in [0.3, 0.4) is 0 Å². The Labute approximate surface area is 165 Å². The van der Waals surface area contributed by atoms with E-state index in [0.717, 1.165) is 5.69 Å². The average molecular weight is 392 g/mol. The van der Waals surface area contributed by atoms with Crippen molar-refractivity contribution in [3.05, 3.63) is 30.1 Å². The highest BCUT2D eigenvalue weighted by Gasteiger charge is 2.44. The molecule has 2 atom stereocenters. The predicted molar refractivity (Wildman–Crippen MR) is 105 cm³/mol. The Bertz CT molecular complexity index is 734. The molecule has 0 aromatic heterocycles. The van der Waals surface area contributed by atoms with Crippen molar-refractivity contribution in [2.24, 2.45) is 5.92 Å². The van der Waals surface area contributed by atoms with E-state index in [1.165, 1.54) is 12.1 Å². The van der Waals surface area contributed by atoms with Crippen LogP contribution in [0.5, 0.6) is 0 Å². The van der Waals surface area contributed by atoms with Crippen LogP contribution in [0.2, 0.25) is 0 Å². The number of anilines is 1. The highest BCUT2D eigenvalue weighted by Crippen LogP contribution is 2.23. The molecule has 1 aromatic rings. The number of nitrogens with one attached hydrogen (secondary N) is 2. The second-order valence-electron chi connectivity index (χ2n) is 7.14. The monoisotopic (exact) mass is 392 g/mol. The number of benzene rings is 1. The highest BCUT2D eigenvalue weighted by atomic mass is 19.1. The van der Waals surface area contributed by atoms with E-state index in [4.69, 9.17) is 0 Å². The molecule has 0 saturated carbocycles. The summed E-state index contributed by atoms with van der Waals surface area (Å²) in [4.78, 5) is 39.8. The standard InChI is InChI=1S/C18H23FN4O3.C2H6/c1-12(11-18(2)16(25)20-17(26)21-18)15(24)23-8-6-22(7-9-23)14-5-3-4-13(19)10-14;1-2/h3-5,10,12H,6-9,11H2,1-2H3,(H2,20,21,25,26);1-2H3. The van der Waals surface area contributed by atoms with Crippen LogP contribution in [0.25, 0.3) is 0 Å². The summed E-state index contributed by atoms with van der Waals surface area (Å²) in [5.41, 5.74) is -0.252. The zero-order valence-electron chi connectivity index (χ0n) is 16.9. The van der Waals surface area contributed by atoms with Gasteiger partial charge in [0.05, 0.1) is 0 Å². The fraction of sp³-hybridized carbons (Fsp3) is 0.550. The van der Waals surface area contributed by atoms with Crippen LogP contribution < -0.4 is 15.5 Å². The van der Waals surface area contributed by atoms with E-state index in [-0.39, 0.29) is 18.1 Å². The van der Waals surface area contributed by atoms with E-state index in [1.54, 1.807) is 24.8 Å². The Balaban J connectivity index is 0.00000136. The largest absolute Gasteiger partial charge is 0.368 e. The lowest BCUT2D eigenvalue weighted by Crippen LogP contribution is -2.52. The number of hydrogen-bond donors (Lipinski definition) is 2. The van der Waals surface area contributed by atoms with Crippen LogP contribution in [0.4, 0.5) is 14.9 Å². The molecule has 0 aliphatic carbocycles. The van der Waals surface area contributed by atoms with Crippen molar-refractivity contribution in [1.82, 2.24) is 15.5 Å². The first-order valence-electron chi connectivity index (χ1n) is 9.71. The van der Waals surface area contributed by atoms with Gasteiger partial charge in [0, 0.05) is 37.8 Å². The van der Waals surface area contributed by atoms with Crippen LogP contribution in [0.15, 0.2) is 24.3 Å². The molecule has 8 heteroatoms. The van der Waals surface area contributed by atoms with Crippen LogP contribution in [0.1, 0.15) is 34.1 Å². The molecule has 2 aliphatic rings. The molecular weight excluding hydrogens is 363 g/mol. The van der Waals surface area contributed by atoms with E-state index in [0.29, 0.717) is 26.2 Å². The molecule has 2 saturated heterocycles. The maximum absolute atomic E-state index is 13.4. The Morgan fingerprint density at radius 3 is 2.39 bits per heavy atom. The van der Waals surface area contributed by atoms with Crippen molar-refractivity contribution in [3.63, 3.8) is 0 Å². The van der Waals surface area contributed by atoms with E-state index >= 15 is 0 Å². The molecule has 1 aromatic carbocycles. The second-order valence-corrected chi connectivity index (χ2v) is 7.14. The van der Waals surface area contributed by atoms with Crippen molar-refractivity contribution in [2.75, 3.05) is 31.1 Å². The van der Waals surface area contributed by atoms with Crippen molar-refractivity contribution in [3.8, 4) is 0 Å². The Hall–Kier alpha value is -2.64. The number of hydrogen-bond acceptors (Lipinski definition) is 4. The van der Waals surface area contributed by atoms with Gasteiger partial charge in [0.15, 0.2) is 0 Å². The minimum absolute atomic E-state index is 0.0425. The van der Waals surface area contributed by atoms with Gasteiger partial charge < -0.3 is 15.1 Å². The van der Waals surface area contributed by atoms with Gasteiger partial charge in [-0.15, -0.1) is 0 Å². The summed E-state index contributed by atoms with van der Waals surface area (Å²) in [7, 11) is 0. The molecule has 2 unspecified atom stereocenters. The number of halogens is 1. The smallest absolute Gasteiger partial charge is 0.322 e. The lowest BCUT2D eigenvalue weighted by Gasteiger charge is -2.38. The van der Waals surface area contributed by atoms with Gasteiger partial charge in [0.1, 0.15) is 11.4 Å². The molecule has 2 N–H and O–H groups in total. The summed E-state index contributed by atoms with van der Waals surface area (Å²) in [6, 6.07) is 5.89. The first-order valence-corrected chi connectivity index (χ1v) is 9.71. The molecule has 0 radical (unpaired) electrons. The molecule has 154 valence electrons. The van der Waals surface area contributed by atoms with Crippen molar-refractivity contribution in [1.29, 1.82) is 0 Å². The summed E-state index contributed by atoms with van der Waals surface area (Å²) in [5.74, 6) is -1.12. The highest BCUT2D eigenvalue weighted by molar-refractivity contribution is 6.07. The fourth-order valence-corrected chi connectivity index (χ4v) is 3.59. The van der Waals surface area contributed by atoms with Crippen LogP contribution in [0, 0.1) is 11.7 Å². The van der Waals surface area contributed by atoms with E-state index < -0.39 is 23.4 Å². The van der Waals surface area contributed by atoms with E-state index in [2.05, 4.69) is 10.6 Å². The number of amides is 4. The minimum atomic E-state index is -1.06. The van der Waals surface area contributed by atoms with Gasteiger partial charge in [0.25, 0.3) is 5.91 Å². The topological polar surface area (TPSA) is 81.8 Å². The molecule has 2 fully saturated rings. The van der Waals surface area contributed by atoms with Gasteiger partial charge >= 0.3 is 6.03 Å². The Morgan fingerprint density at radius 1 is 1.21 bits per heavy atom. The number of rotatable bonds is 4. The van der Waals surface area contributed by atoms with Gasteiger partial charge in [-0.05, 0) is 31.5 Å². The molecule has 2 aliphatic heterocycles. The Morgan fingerprint density at radius 2 is 1.86 bits per heavy atom. The van der Waals surface area contributed by atoms with E-state index in [1.807, 2.05) is 24.8 Å². The third-order valence-corrected chi connectivity index (χ3v) is 5.02. The van der Waals surface area contributed by atoms with Crippen molar-refractivity contribution < 1.29 is 18.8 Å². The molecule has 28 heavy (non-hydrogen) atoms. The van der Waals surface area contributed by atoms with Crippen LogP contribution in [-0.4, -0.2) is 54.5 Å². The molecular formula is C20H29FN4O3. The molecule has 0 bridgehead atoms. The zero-order valence-corrected chi connectivity index (χ0v) is 16.9.